The monoisotopic (exact) mass is 222 g/mol. The number of amides is 1. The van der Waals surface area contributed by atoms with Gasteiger partial charge in [-0.05, 0) is 22.8 Å². The number of benzene rings is 1. The van der Waals surface area contributed by atoms with E-state index in [1.165, 1.54) is 25.3 Å². The van der Waals surface area contributed by atoms with Gasteiger partial charge in [0.1, 0.15) is 5.56 Å². The Morgan fingerprint density at radius 1 is 1.62 bits per heavy atom. The van der Waals surface area contributed by atoms with Crippen molar-refractivity contribution in [3.05, 3.63) is 44.3 Å². The van der Waals surface area contributed by atoms with Crippen LogP contribution in [0.25, 0.3) is 10.4 Å². The van der Waals surface area contributed by atoms with Crippen molar-refractivity contribution in [2.45, 2.75) is 0 Å². The molecule has 0 atom stereocenters. The molecule has 0 saturated carbocycles. The maximum atomic E-state index is 11.3. The summed E-state index contributed by atoms with van der Waals surface area (Å²) < 4.78 is 4.75. The van der Waals surface area contributed by atoms with Gasteiger partial charge in [-0.1, -0.05) is 6.07 Å². The number of hydrogen-bond acceptors (Lipinski definition) is 4. The van der Waals surface area contributed by atoms with Crippen LogP contribution in [0.1, 0.15) is 10.4 Å². The minimum absolute atomic E-state index is 0.0658. The van der Waals surface area contributed by atoms with Crippen LogP contribution in [0.4, 0.5) is 5.69 Å². The number of hydrogen-bond donors (Lipinski definition) is 0. The van der Waals surface area contributed by atoms with E-state index in [0.29, 0.717) is 0 Å². The number of nitro groups is 1. The van der Waals surface area contributed by atoms with E-state index in [9.17, 15) is 14.9 Å². The fraction of sp³-hybridized carbons (Fsp3) is 0.125. The van der Waals surface area contributed by atoms with E-state index < -0.39 is 16.5 Å². The fourth-order valence-corrected chi connectivity index (χ4v) is 1.14. The van der Waals surface area contributed by atoms with E-state index in [4.69, 9.17) is 10.3 Å². The van der Waals surface area contributed by atoms with Gasteiger partial charge in [-0.3, -0.25) is 14.9 Å². The Bertz CT molecular complexity index is 493. The molecule has 0 radical (unpaired) electrons. The van der Waals surface area contributed by atoms with Crippen molar-refractivity contribution in [3.63, 3.8) is 0 Å². The van der Waals surface area contributed by atoms with Crippen LogP contribution in [0.15, 0.2) is 23.3 Å². The van der Waals surface area contributed by atoms with Crippen LogP contribution in [0, 0.1) is 10.1 Å². The predicted molar refractivity (Wildman–Crippen MR) is 53.1 cm³/mol. The number of para-hydroxylation sites is 1. The SMILES string of the molecule is COc1cccc(C(=O)N=[N+]=[N-])c1[N+](=O)[O-]. The van der Waals surface area contributed by atoms with Gasteiger partial charge in [-0.15, -0.1) is 0 Å². The van der Waals surface area contributed by atoms with Crippen molar-refractivity contribution in [3.8, 4) is 5.75 Å². The van der Waals surface area contributed by atoms with Gasteiger partial charge in [0.25, 0.3) is 5.91 Å². The Kier molecular flexibility index (Phi) is 3.41. The summed E-state index contributed by atoms with van der Waals surface area (Å²) in [6, 6.07) is 3.93. The Morgan fingerprint density at radius 2 is 2.31 bits per heavy atom. The molecule has 0 unspecified atom stereocenters. The van der Waals surface area contributed by atoms with E-state index in [2.05, 4.69) is 10.0 Å². The summed E-state index contributed by atoms with van der Waals surface area (Å²) >= 11 is 0. The smallest absolute Gasteiger partial charge is 0.321 e. The number of carbonyl (C=O) groups excluding carboxylic acids is 1. The van der Waals surface area contributed by atoms with Crippen LogP contribution in [0.3, 0.4) is 0 Å². The first kappa shape index (κ1) is 11.5. The zero-order chi connectivity index (χ0) is 12.1. The predicted octanol–water partition coefficient (Wildman–Crippen LogP) is 2.05. The van der Waals surface area contributed by atoms with Crippen molar-refractivity contribution in [2.24, 2.45) is 5.11 Å². The van der Waals surface area contributed by atoms with E-state index in [-0.39, 0.29) is 11.3 Å². The van der Waals surface area contributed by atoms with E-state index in [1.807, 2.05) is 0 Å². The van der Waals surface area contributed by atoms with Gasteiger partial charge >= 0.3 is 5.69 Å². The number of nitro benzene ring substituents is 1. The van der Waals surface area contributed by atoms with E-state index >= 15 is 0 Å². The minimum atomic E-state index is -1.02. The van der Waals surface area contributed by atoms with Gasteiger partial charge < -0.3 is 4.74 Å². The number of nitrogens with zero attached hydrogens (tertiary/aromatic N) is 4. The molecule has 0 saturated heterocycles. The molecular formula is C8H6N4O4. The van der Waals surface area contributed by atoms with Gasteiger partial charge in [0.15, 0.2) is 5.75 Å². The summed E-state index contributed by atoms with van der Waals surface area (Å²) in [4.78, 5) is 23.5. The molecule has 8 nitrogen and oxygen atoms in total. The van der Waals surface area contributed by atoms with Crippen molar-refractivity contribution in [2.75, 3.05) is 7.11 Å². The number of ether oxygens (including phenoxy) is 1. The van der Waals surface area contributed by atoms with Gasteiger partial charge in [0, 0.05) is 4.91 Å². The lowest BCUT2D eigenvalue weighted by Gasteiger charge is -2.03. The molecule has 1 aromatic carbocycles. The molecule has 0 N–H and O–H groups in total. The minimum Gasteiger partial charge on any atom is -0.490 e. The number of methoxy groups -OCH3 is 1. The largest absolute Gasteiger partial charge is 0.490 e. The average Bonchev–Trinajstić information content (AvgIpc) is 2.28. The molecule has 8 heteroatoms. The van der Waals surface area contributed by atoms with Crippen LogP contribution in [-0.4, -0.2) is 17.9 Å². The summed E-state index contributed by atoms with van der Waals surface area (Å²) in [6.07, 6.45) is 0. The summed E-state index contributed by atoms with van der Waals surface area (Å²) in [7, 11) is 1.24. The molecule has 0 spiro atoms. The summed E-state index contributed by atoms with van der Waals surface area (Å²) in [6.45, 7) is 0. The highest BCUT2D eigenvalue weighted by atomic mass is 16.6. The molecule has 0 fully saturated rings. The van der Waals surface area contributed by atoms with Crippen molar-refractivity contribution in [1.29, 1.82) is 0 Å². The molecule has 1 amide bonds. The Morgan fingerprint density at radius 3 is 2.81 bits per heavy atom. The van der Waals surface area contributed by atoms with Crippen LogP contribution in [0.5, 0.6) is 5.75 Å². The Hall–Kier alpha value is -2.60. The van der Waals surface area contributed by atoms with Gasteiger partial charge in [-0.25, -0.2) is 0 Å². The zero-order valence-corrected chi connectivity index (χ0v) is 8.15. The number of rotatable bonds is 3. The molecule has 0 aliphatic carbocycles. The number of azide groups is 1. The molecule has 0 aliphatic rings. The van der Waals surface area contributed by atoms with Crippen molar-refractivity contribution in [1.82, 2.24) is 0 Å². The third kappa shape index (κ3) is 2.07. The van der Waals surface area contributed by atoms with Crippen LogP contribution < -0.4 is 4.74 Å². The highest BCUT2D eigenvalue weighted by Crippen LogP contribution is 2.30. The third-order valence-electron chi connectivity index (χ3n) is 1.77. The van der Waals surface area contributed by atoms with Crippen LogP contribution in [-0.2, 0) is 0 Å². The Labute approximate surface area is 89.2 Å². The summed E-state index contributed by atoms with van der Waals surface area (Å²) in [5.41, 5.74) is 7.28. The van der Waals surface area contributed by atoms with Crippen LogP contribution in [0.2, 0.25) is 0 Å². The second-order valence-corrected chi connectivity index (χ2v) is 2.61. The van der Waals surface area contributed by atoms with E-state index in [0.717, 1.165) is 0 Å². The highest BCUT2D eigenvalue weighted by molar-refractivity contribution is 5.99. The molecule has 1 aromatic rings. The lowest BCUT2D eigenvalue weighted by molar-refractivity contribution is -0.386. The first-order valence-corrected chi connectivity index (χ1v) is 4.02. The topological polar surface area (TPSA) is 118 Å². The molecule has 1 rings (SSSR count). The summed E-state index contributed by atoms with van der Waals surface area (Å²) in [5, 5.41) is 13.5. The number of carbonyl (C=O) groups is 1. The molecule has 16 heavy (non-hydrogen) atoms. The van der Waals surface area contributed by atoms with Gasteiger partial charge in [0.05, 0.1) is 12.0 Å². The van der Waals surface area contributed by atoms with Crippen molar-refractivity contribution >= 4 is 11.6 Å². The van der Waals surface area contributed by atoms with Crippen molar-refractivity contribution < 1.29 is 14.5 Å². The van der Waals surface area contributed by atoms with Gasteiger partial charge in [-0.2, -0.15) is 0 Å². The standard InChI is InChI=1S/C8H6N4O4/c1-16-6-4-2-3-5(7(6)12(14)15)8(13)10-11-9/h2-4H,1H3. The first-order chi connectivity index (χ1) is 7.61. The maximum absolute atomic E-state index is 11.3. The molecule has 0 heterocycles. The molecule has 0 aliphatic heterocycles. The second kappa shape index (κ2) is 4.76. The lowest BCUT2D eigenvalue weighted by Crippen LogP contribution is -2.02. The molecule has 82 valence electrons. The Balaban J connectivity index is 3.44. The lowest BCUT2D eigenvalue weighted by atomic mass is 10.1. The second-order valence-electron chi connectivity index (χ2n) is 2.61. The average molecular weight is 222 g/mol. The quantitative estimate of drug-likeness (QED) is 0.255. The van der Waals surface area contributed by atoms with Crippen LogP contribution >= 0.6 is 0 Å². The van der Waals surface area contributed by atoms with E-state index in [1.54, 1.807) is 0 Å². The normalized spacial score (nSPS) is 9.06. The first-order valence-electron chi connectivity index (χ1n) is 4.02. The summed E-state index contributed by atoms with van der Waals surface area (Å²) in [5.74, 6) is -1.09. The fourth-order valence-electron chi connectivity index (χ4n) is 1.14. The molecule has 0 bridgehead atoms. The zero-order valence-electron chi connectivity index (χ0n) is 8.15. The third-order valence-corrected chi connectivity index (χ3v) is 1.77. The molecule has 0 aromatic heterocycles. The maximum Gasteiger partial charge on any atom is 0.321 e. The van der Waals surface area contributed by atoms with Gasteiger partial charge in [0.2, 0.25) is 0 Å². The molecular weight excluding hydrogens is 216 g/mol. The highest BCUT2D eigenvalue weighted by Gasteiger charge is 2.24.